The predicted octanol–water partition coefficient (Wildman–Crippen LogP) is 4.10. The lowest BCUT2D eigenvalue weighted by atomic mass is 10.1. The molecular weight excluding hydrogens is 527 g/mol. The first-order valence-electron chi connectivity index (χ1n) is 11.1. The molecule has 8 heteroatoms. The van der Waals surface area contributed by atoms with E-state index < -0.39 is 0 Å². The maximum atomic E-state index is 5.24. The summed E-state index contributed by atoms with van der Waals surface area (Å²) in [7, 11) is 3.76. The van der Waals surface area contributed by atoms with Gasteiger partial charge < -0.3 is 19.5 Å². The second-order valence-corrected chi connectivity index (χ2v) is 7.87. The fourth-order valence-corrected chi connectivity index (χ4v) is 3.46. The number of aromatic nitrogens is 3. The lowest BCUT2D eigenvalue weighted by Crippen LogP contribution is -2.40. The Hall–Kier alpha value is -2.62. The smallest absolute Gasteiger partial charge is 0.194 e. The summed E-state index contributed by atoms with van der Waals surface area (Å²) in [6.07, 6.45) is 3.53. The Bertz CT molecular complexity index is 985. The zero-order valence-corrected chi connectivity index (χ0v) is 22.3. The first-order valence-corrected chi connectivity index (χ1v) is 11.1. The molecule has 0 saturated heterocycles. The summed E-state index contributed by atoms with van der Waals surface area (Å²) >= 11 is 0. The molecule has 3 aromatic rings. The van der Waals surface area contributed by atoms with Gasteiger partial charge in [-0.15, -0.1) is 34.2 Å². The van der Waals surface area contributed by atoms with Crippen molar-refractivity contribution in [1.82, 2.24) is 25.0 Å². The number of hydrogen-bond acceptors (Lipinski definition) is 4. The molecule has 3 rings (SSSR count). The molecule has 1 aromatic heterocycles. The van der Waals surface area contributed by atoms with Crippen LogP contribution >= 0.6 is 24.0 Å². The highest BCUT2D eigenvalue weighted by atomic mass is 127. The monoisotopic (exact) mass is 562 g/mol. The van der Waals surface area contributed by atoms with Crippen LogP contribution < -0.4 is 10.1 Å². The van der Waals surface area contributed by atoms with Crippen LogP contribution in [0.2, 0.25) is 0 Å². The van der Waals surface area contributed by atoms with E-state index in [4.69, 9.17) is 9.73 Å². The average molecular weight is 563 g/mol. The summed E-state index contributed by atoms with van der Waals surface area (Å²) in [5, 5.41) is 11.7. The summed E-state index contributed by atoms with van der Waals surface area (Å²) in [5.41, 5.74) is 3.77. The third-order valence-corrected chi connectivity index (χ3v) is 5.37. The van der Waals surface area contributed by atoms with Gasteiger partial charge in [0.2, 0.25) is 0 Å². The first kappa shape index (κ1) is 26.6. The van der Waals surface area contributed by atoms with Crippen molar-refractivity contribution in [2.24, 2.45) is 4.99 Å². The number of methoxy groups -OCH3 is 1. The van der Waals surface area contributed by atoms with E-state index in [0.29, 0.717) is 6.54 Å². The Morgan fingerprint density at radius 1 is 1.09 bits per heavy atom. The van der Waals surface area contributed by atoms with E-state index in [0.717, 1.165) is 50.0 Å². The summed E-state index contributed by atoms with van der Waals surface area (Å²) in [4.78, 5) is 7.07. The fourth-order valence-electron chi connectivity index (χ4n) is 3.46. The standard InChI is InChI=1S/C25H34N6O.HI/c1-5-24-29-28-19-31(24)17-16-27-25(30(3)18-22-8-6-20(2)7-9-22)26-15-14-21-10-12-23(32-4)13-11-21;/h6-13,19H,5,14-18H2,1-4H3,(H,26,27);1H. The lowest BCUT2D eigenvalue weighted by Gasteiger charge is -2.23. The SMILES string of the molecule is CCc1nncn1CCNC(=NCCc1ccc(OC)cc1)N(C)Cc1ccc(C)cc1.I. The third kappa shape index (κ3) is 8.34. The molecule has 0 radical (unpaired) electrons. The molecule has 0 spiro atoms. The van der Waals surface area contributed by atoms with Gasteiger partial charge in [0.15, 0.2) is 5.96 Å². The molecule has 0 amide bonds. The van der Waals surface area contributed by atoms with Crippen LogP contribution in [0.25, 0.3) is 0 Å². The molecule has 0 unspecified atom stereocenters. The molecule has 7 nitrogen and oxygen atoms in total. The molecular formula is C25H35IN6O. The normalized spacial score (nSPS) is 11.1. The second kappa shape index (κ2) is 13.8. The number of nitrogens with zero attached hydrogens (tertiary/aromatic N) is 5. The summed E-state index contributed by atoms with van der Waals surface area (Å²) in [6, 6.07) is 16.8. The van der Waals surface area contributed by atoms with Gasteiger partial charge in [-0.25, -0.2) is 0 Å². The molecule has 0 saturated carbocycles. The van der Waals surface area contributed by atoms with Gasteiger partial charge >= 0.3 is 0 Å². The number of hydrogen-bond donors (Lipinski definition) is 1. The minimum atomic E-state index is 0. The Balaban J connectivity index is 0.00000385. The second-order valence-electron chi connectivity index (χ2n) is 7.87. The molecule has 0 aliphatic rings. The van der Waals surface area contributed by atoms with Crippen LogP contribution in [0.4, 0.5) is 0 Å². The maximum Gasteiger partial charge on any atom is 0.194 e. The number of rotatable bonds is 10. The van der Waals surface area contributed by atoms with Crippen molar-refractivity contribution in [3.63, 3.8) is 0 Å². The van der Waals surface area contributed by atoms with E-state index in [1.54, 1.807) is 13.4 Å². The molecule has 0 atom stereocenters. The minimum absolute atomic E-state index is 0. The van der Waals surface area contributed by atoms with Crippen molar-refractivity contribution >= 4 is 29.9 Å². The number of aliphatic imine (C=N–C) groups is 1. The van der Waals surface area contributed by atoms with Crippen molar-refractivity contribution in [3.05, 3.63) is 77.4 Å². The van der Waals surface area contributed by atoms with Crippen molar-refractivity contribution in [2.75, 3.05) is 27.2 Å². The quantitative estimate of drug-likeness (QED) is 0.229. The number of nitrogens with one attached hydrogen (secondary N) is 1. The van der Waals surface area contributed by atoms with E-state index in [1.807, 2.05) is 12.1 Å². The number of guanidine groups is 1. The topological polar surface area (TPSA) is 67.6 Å². The third-order valence-electron chi connectivity index (χ3n) is 5.37. The van der Waals surface area contributed by atoms with Gasteiger partial charge in [0.25, 0.3) is 0 Å². The zero-order valence-electron chi connectivity index (χ0n) is 20.0. The van der Waals surface area contributed by atoms with Crippen LogP contribution in [0.1, 0.15) is 29.4 Å². The van der Waals surface area contributed by atoms with Crippen molar-refractivity contribution < 1.29 is 4.74 Å². The van der Waals surface area contributed by atoms with Gasteiger partial charge in [-0.3, -0.25) is 4.99 Å². The molecule has 1 N–H and O–H groups in total. The minimum Gasteiger partial charge on any atom is -0.497 e. The number of benzene rings is 2. The highest BCUT2D eigenvalue weighted by Gasteiger charge is 2.08. The summed E-state index contributed by atoms with van der Waals surface area (Å²) < 4.78 is 7.33. The highest BCUT2D eigenvalue weighted by molar-refractivity contribution is 14.0. The number of ether oxygens (including phenoxy) is 1. The zero-order chi connectivity index (χ0) is 22.8. The molecule has 1 heterocycles. The van der Waals surface area contributed by atoms with Crippen LogP contribution in [-0.2, 0) is 25.9 Å². The number of halogens is 1. The first-order chi connectivity index (χ1) is 15.6. The highest BCUT2D eigenvalue weighted by Crippen LogP contribution is 2.12. The van der Waals surface area contributed by atoms with Crippen molar-refractivity contribution in [1.29, 1.82) is 0 Å². The van der Waals surface area contributed by atoms with E-state index >= 15 is 0 Å². The van der Waals surface area contributed by atoms with E-state index in [9.17, 15) is 0 Å². The van der Waals surface area contributed by atoms with E-state index in [2.05, 4.69) is 82.3 Å². The van der Waals surface area contributed by atoms with Gasteiger partial charge in [0, 0.05) is 39.6 Å². The largest absolute Gasteiger partial charge is 0.497 e. The Morgan fingerprint density at radius 3 is 2.45 bits per heavy atom. The van der Waals surface area contributed by atoms with Gasteiger partial charge in [-0.1, -0.05) is 48.9 Å². The Labute approximate surface area is 214 Å². The molecule has 0 bridgehead atoms. The maximum absolute atomic E-state index is 5.24. The predicted molar refractivity (Wildman–Crippen MR) is 144 cm³/mol. The van der Waals surface area contributed by atoms with E-state index in [-0.39, 0.29) is 24.0 Å². The molecule has 178 valence electrons. The molecule has 33 heavy (non-hydrogen) atoms. The van der Waals surface area contributed by atoms with Crippen LogP contribution in [0.3, 0.4) is 0 Å². The van der Waals surface area contributed by atoms with Crippen LogP contribution in [-0.4, -0.2) is 52.9 Å². The van der Waals surface area contributed by atoms with Gasteiger partial charge in [0.1, 0.15) is 17.9 Å². The van der Waals surface area contributed by atoms with Crippen LogP contribution in [0.5, 0.6) is 5.75 Å². The Kier molecular flexibility index (Phi) is 11.2. The molecule has 0 fully saturated rings. The summed E-state index contributed by atoms with van der Waals surface area (Å²) in [5.74, 6) is 2.76. The van der Waals surface area contributed by atoms with Gasteiger partial charge in [-0.2, -0.15) is 0 Å². The van der Waals surface area contributed by atoms with Crippen LogP contribution in [0.15, 0.2) is 59.9 Å². The average Bonchev–Trinajstić information content (AvgIpc) is 3.27. The molecule has 2 aromatic carbocycles. The molecule has 0 aliphatic carbocycles. The Morgan fingerprint density at radius 2 is 1.79 bits per heavy atom. The number of aryl methyl sites for hydroxylation is 2. The lowest BCUT2D eigenvalue weighted by molar-refractivity contribution is 0.414. The van der Waals surface area contributed by atoms with Gasteiger partial charge in [0.05, 0.1) is 7.11 Å². The van der Waals surface area contributed by atoms with Crippen LogP contribution in [0, 0.1) is 6.92 Å². The molecule has 0 aliphatic heterocycles. The van der Waals surface area contributed by atoms with Crippen molar-refractivity contribution in [2.45, 2.75) is 39.8 Å². The van der Waals surface area contributed by atoms with Crippen molar-refractivity contribution in [3.8, 4) is 5.75 Å². The van der Waals surface area contributed by atoms with Gasteiger partial charge in [-0.05, 0) is 36.6 Å². The fraction of sp³-hybridized carbons (Fsp3) is 0.400. The summed E-state index contributed by atoms with van der Waals surface area (Å²) in [6.45, 7) is 7.25. The van der Waals surface area contributed by atoms with E-state index in [1.165, 1.54) is 16.7 Å².